The second-order valence-electron chi connectivity index (χ2n) is 8.24. The van der Waals surface area contributed by atoms with Gasteiger partial charge in [-0.2, -0.15) is 0 Å². The van der Waals surface area contributed by atoms with Crippen molar-refractivity contribution < 1.29 is 30.3 Å². The number of phenols is 5. The number of aryl methyl sites for hydroxylation is 4. The molecule has 0 saturated heterocycles. The number of benzene rings is 4. The molecule has 0 atom stereocenters. The van der Waals surface area contributed by atoms with Gasteiger partial charge in [-0.25, -0.2) is 0 Å². The van der Waals surface area contributed by atoms with E-state index in [4.69, 9.17) is 4.74 Å². The molecule has 0 bridgehead atoms. The Balaban J connectivity index is 1.42. The highest BCUT2D eigenvalue weighted by atomic mass is 16.5. The fourth-order valence-corrected chi connectivity index (χ4v) is 3.84. The largest absolute Gasteiger partial charge is 0.508 e. The van der Waals surface area contributed by atoms with Crippen LogP contribution in [0.2, 0.25) is 0 Å². The Labute approximate surface area is 197 Å². The highest BCUT2D eigenvalue weighted by molar-refractivity contribution is 5.51. The number of ether oxygens (including phenoxy) is 1. The number of phenolic OH excluding ortho intramolecular Hbond substituents is 5. The van der Waals surface area contributed by atoms with Crippen LogP contribution in [0, 0.1) is 0 Å². The third-order valence-electron chi connectivity index (χ3n) is 5.53. The molecule has 6 heteroatoms. The maximum Gasteiger partial charge on any atom is 0.200 e. The lowest BCUT2D eigenvalue weighted by Crippen LogP contribution is -1.94. The van der Waals surface area contributed by atoms with Crippen molar-refractivity contribution in [3.63, 3.8) is 0 Å². The highest BCUT2D eigenvalue weighted by Crippen LogP contribution is 2.36. The zero-order valence-electron chi connectivity index (χ0n) is 18.5. The Kier molecular flexibility index (Phi) is 6.78. The summed E-state index contributed by atoms with van der Waals surface area (Å²) < 4.78 is 6.00. The number of hydrogen-bond acceptors (Lipinski definition) is 6. The van der Waals surface area contributed by atoms with Crippen LogP contribution >= 0.6 is 0 Å². The molecule has 0 amide bonds. The predicted molar refractivity (Wildman–Crippen MR) is 129 cm³/mol. The van der Waals surface area contributed by atoms with E-state index in [1.165, 1.54) is 12.1 Å². The third kappa shape index (κ3) is 5.92. The monoisotopic (exact) mass is 458 g/mol. The van der Waals surface area contributed by atoms with Crippen LogP contribution in [-0.4, -0.2) is 25.5 Å². The van der Waals surface area contributed by atoms with Gasteiger partial charge >= 0.3 is 0 Å². The summed E-state index contributed by atoms with van der Waals surface area (Å²) in [5, 5.41) is 48.7. The molecular weight excluding hydrogens is 432 g/mol. The van der Waals surface area contributed by atoms with Crippen LogP contribution in [0.25, 0.3) is 0 Å². The fourth-order valence-electron chi connectivity index (χ4n) is 3.84. The SMILES string of the molecule is Oc1cccc(CCc2cc(O)cc(Oc3cccc(CCc4cc(O)c(O)c(O)c4)c3)c2)c1. The van der Waals surface area contributed by atoms with E-state index in [1.807, 2.05) is 42.5 Å². The van der Waals surface area contributed by atoms with Crippen LogP contribution in [0.5, 0.6) is 40.2 Å². The first-order valence-corrected chi connectivity index (χ1v) is 11.0. The second kappa shape index (κ2) is 10.1. The van der Waals surface area contributed by atoms with Gasteiger partial charge in [0.2, 0.25) is 0 Å². The first-order valence-electron chi connectivity index (χ1n) is 11.0. The molecule has 0 unspecified atom stereocenters. The molecule has 6 nitrogen and oxygen atoms in total. The van der Waals surface area contributed by atoms with Crippen LogP contribution < -0.4 is 4.74 Å². The van der Waals surface area contributed by atoms with Crippen LogP contribution in [0.1, 0.15) is 22.3 Å². The molecule has 5 N–H and O–H groups in total. The lowest BCUT2D eigenvalue weighted by Gasteiger charge is -2.11. The van der Waals surface area contributed by atoms with Gasteiger partial charge in [0.25, 0.3) is 0 Å². The van der Waals surface area contributed by atoms with Crippen molar-refractivity contribution in [3.8, 4) is 40.2 Å². The quantitative estimate of drug-likeness (QED) is 0.221. The molecule has 0 fully saturated rings. The zero-order chi connectivity index (χ0) is 24.1. The van der Waals surface area contributed by atoms with Crippen molar-refractivity contribution in [1.82, 2.24) is 0 Å². The van der Waals surface area contributed by atoms with Crippen LogP contribution in [0.15, 0.2) is 78.9 Å². The van der Waals surface area contributed by atoms with Crippen LogP contribution in [0.3, 0.4) is 0 Å². The smallest absolute Gasteiger partial charge is 0.200 e. The van der Waals surface area contributed by atoms with Crippen molar-refractivity contribution in [2.75, 3.05) is 0 Å². The maximum absolute atomic E-state index is 10.2. The molecular formula is C28H26O6. The topological polar surface area (TPSA) is 110 Å². The molecule has 0 aliphatic carbocycles. The molecule has 0 spiro atoms. The Bertz CT molecular complexity index is 1270. The van der Waals surface area contributed by atoms with Gasteiger partial charge < -0.3 is 30.3 Å². The Morgan fingerprint density at radius 2 is 1.00 bits per heavy atom. The molecule has 34 heavy (non-hydrogen) atoms. The average Bonchev–Trinajstić information content (AvgIpc) is 2.80. The molecule has 0 saturated carbocycles. The van der Waals surface area contributed by atoms with Gasteiger partial charge in [0.05, 0.1) is 0 Å². The first kappa shape index (κ1) is 22.9. The third-order valence-corrected chi connectivity index (χ3v) is 5.53. The summed E-state index contributed by atoms with van der Waals surface area (Å²) in [5.74, 6) is 0.274. The van der Waals surface area contributed by atoms with Crippen LogP contribution in [0.4, 0.5) is 0 Å². The maximum atomic E-state index is 10.2. The van der Waals surface area contributed by atoms with E-state index in [-0.39, 0.29) is 23.0 Å². The predicted octanol–water partition coefficient (Wildman–Crippen LogP) is 5.58. The van der Waals surface area contributed by atoms with Crippen LogP contribution in [-0.2, 0) is 25.7 Å². The minimum Gasteiger partial charge on any atom is -0.508 e. The van der Waals surface area contributed by atoms with Crippen molar-refractivity contribution in [2.24, 2.45) is 0 Å². The van der Waals surface area contributed by atoms with E-state index in [0.29, 0.717) is 36.3 Å². The Morgan fingerprint density at radius 1 is 0.471 bits per heavy atom. The van der Waals surface area contributed by atoms with Gasteiger partial charge in [-0.05, 0) is 96.5 Å². The fraction of sp³-hybridized carbons (Fsp3) is 0.143. The first-order chi connectivity index (χ1) is 16.4. The number of aromatic hydroxyl groups is 5. The van der Waals surface area contributed by atoms with Gasteiger partial charge in [-0.3, -0.25) is 0 Å². The molecule has 174 valence electrons. The van der Waals surface area contributed by atoms with Gasteiger partial charge in [-0.15, -0.1) is 0 Å². The summed E-state index contributed by atoms with van der Waals surface area (Å²) in [7, 11) is 0. The summed E-state index contributed by atoms with van der Waals surface area (Å²) >= 11 is 0. The molecule has 0 aromatic heterocycles. The normalized spacial score (nSPS) is 10.8. The van der Waals surface area contributed by atoms with E-state index in [2.05, 4.69) is 0 Å². The minimum atomic E-state index is -0.522. The summed E-state index contributed by atoms with van der Waals surface area (Å²) in [6, 6.07) is 22.7. The van der Waals surface area contributed by atoms with E-state index in [9.17, 15) is 25.5 Å². The minimum absolute atomic E-state index is 0.117. The summed E-state index contributed by atoms with van der Waals surface area (Å²) in [4.78, 5) is 0. The molecule has 4 aromatic carbocycles. The molecule has 4 rings (SSSR count). The van der Waals surface area contributed by atoms with Gasteiger partial charge in [0.15, 0.2) is 17.2 Å². The zero-order valence-corrected chi connectivity index (χ0v) is 18.5. The second-order valence-corrected chi connectivity index (χ2v) is 8.24. The Morgan fingerprint density at radius 3 is 1.68 bits per heavy atom. The number of hydrogen-bond donors (Lipinski definition) is 5. The number of rotatable bonds is 8. The van der Waals surface area contributed by atoms with Crippen molar-refractivity contribution in [2.45, 2.75) is 25.7 Å². The summed E-state index contributed by atoms with van der Waals surface area (Å²) in [6.07, 6.45) is 2.59. The van der Waals surface area contributed by atoms with E-state index < -0.39 is 5.75 Å². The standard InChI is InChI=1S/C28H26O6/c29-22-5-1-3-18(11-22)7-9-20-12-23(30)17-25(14-20)34-24-6-2-4-19(13-24)8-10-21-15-26(31)28(33)27(32)16-21/h1-6,11-17,29-33H,7-10H2. The molecule has 0 heterocycles. The van der Waals surface area contributed by atoms with Crippen molar-refractivity contribution in [1.29, 1.82) is 0 Å². The molecule has 0 aliphatic rings. The van der Waals surface area contributed by atoms with Gasteiger partial charge in [0.1, 0.15) is 23.0 Å². The van der Waals surface area contributed by atoms with Crippen molar-refractivity contribution in [3.05, 3.63) is 101 Å². The van der Waals surface area contributed by atoms with E-state index in [0.717, 1.165) is 23.1 Å². The van der Waals surface area contributed by atoms with Crippen molar-refractivity contribution >= 4 is 0 Å². The lowest BCUT2D eigenvalue weighted by molar-refractivity contribution is 0.367. The molecule has 4 aromatic rings. The Hall–Kier alpha value is -4.32. The average molecular weight is 459 g/mol. The summed E-state index contributed by atoms with van der Waals surface area (Å²) in [6.45, 7) is 0. The highest BCUT2D eigenvalue weighted by Gasteiger charge is 2.09. The molecule has 0 radical (unpaired) electrons. The van der Waals surface area contributed by atoms with Gasteiger partial charge in [-0.1, -0.05) is 24.3 Å². The lowest BCUT2D eigenvalue weighted by atomic mass is 10.0. The van der Waals surface area contributed by atoms with E-state index in [1.54, 1.807) is 24.3 Å². The van der Waals surface area contributed by atoms with E-state index >= 15 is 0 Å². The summed E-state index contributed by atoms with van der Waals surface area (Å²) in [5.41, 5.74) is 3.62. The molecule has 0 aliphatic heterocycles. The van der Waals surface area contributed by atoms with Gasteiger partial charge in [0, 0.05) is 6.07 Å².